The number of carbonyl (C=O) groups is 1. The van der Waals surface area contributed by atoms with Crippen molar-refractivity contribution in [2.45, 2.75) is 45.0 Å². The van der Waals surface area contributed by atoms with E-state index in [-0.39, 0.29) is 11.4 Å². The first-order valence-electron chi connectivity index (χ1n) is 5.32. The largest absolute Gasteiger partial charge is 0.334 e. The molecule has 1 aliphatic rings. The summed E-state index contributed by atoms with van der Waals surface area (Å²) in [4.78, 5) is 13.6. The SMILES string of the molecule is [B]CCCN1C(=O)C=CCC1(C)CC. The van der Waals surface area contributed by atoms with Gasteiger partial charge in [0.15, 0.2) is 0 Å². The van der Waals surface area contributed by atoms with Crippen LogP contribution in [-0.4, -0.2) is 30.7 Å². The van der Waals surface area contributed by atoms with Crippen LogP contribution in [0, 0.1) is 0 Å². The van der Waals surface area contributed by atoms with Crippen LogP contribution in [0.5, 0.6) is 0 Å². The monoisotopic (exact) mass is 191 g/mol. The highest BCUT2D eigenvalue weighted by molar-refractivity contribution is 6.08. The highest BCUT2D eigenvalue weighted by Crippen LogP contribution is 2.28. The highest BCUT2D eigenvalue weighted by atomic mass is 16.2. The van der Waals surface area contributed by atoms with Crippen molar-refractivity contribution in [3.8, 4) is 0 Å². The van der Waals surface area contributed by atoms with Crippen LogP contribution in [0.3, 0.4) is 0 Å². The molecular weight excluding hydrogens is 173 g/mol. The van der Waals surface area contributed by atoms with E-state index in [0.717, 1.165) is 25.8 Å². The van der Waals surface area contributed by atoms with Gasteiger partial charge < -0.3 is 4.90 Å². The Morgan fingerprint density at radius 3 is 2.93 bits per heavy atom. The molecule has 76 valence electrons. The molecule has 1 unspecified atom stereocenters. The summed E-state index contributed by atoms with van der Waals surface area (Å²) in [6.45, 7) is 5.05. The van der Waals surface area contributed by atoms with Crippen molar-refractivity contribution in [3.63, 3.8) is 0 Å². The van der Waals surface area contributed by atoms with Gasteiger partial charge in [0.1, 0.15) is 0 Å². The van der Waals surface area contributed by atoms with Crippen LogP contribution in [0.15, 0.2) is 12.2 Å². The second kappa shape index (κ2) is 4.67. The van der Waals surface area contributed by atoms with Crippen LogP contribution in [0.4, 0.5) is 0 Å². The standard InChI is InChI=1S/C11H18BNO/c1-3-11(2)7-4-6-10(14)13(11)9-5-8-12/h4,6H,3,5,7-9H2,1-2H3. The van der Waals surface area contributed by atoms with Gasteiger partial charge in [-0.15, -0.1) is 0 Å². The molecule has 1 rings (SSSR count). The van der Waals surface area contributed by atoms with E-state index in [1.165, 1.54) is 0 Å². The van der Waals surface area contributed by atoms with Crippen LogP contribution in [0.25, 0.3) is 0 Å². The zero-order valence-corrected chi connectivity index (χ0v) is 9.12. The van der Waals surface area contributed by atoms with Crippen molar-refractivity contribution < 1.29 is 4.79 Å². The lowest BCUT2D eigenvalue weighted by molar-refractivity contribution is -0.132. The minimum atomic E-state index is 0.000995. The summed E-state index contributed by atoms with van der Waals surface area (Å²) >= 11 is 0. The number of nitrogens with zero attached hydrogens (tertiary/aromatic N) is 1. The molecule has 0 aromatic heterocycles. The van der Waals surface area contributed by atoms with Crippen LogP contribution < -0.4 is 0 Å². The number of hydrogen-bond donors (Lipinski definition) is 0. The van der Waals surface area contributed by atoms with E-state index in [1.807, 2.05) is 11.0 Å². The third-order valence-corrected chi connectivity index (χ3v) is 3.08. The van der Waals surface area contributed by atoms with Crippen molar-refractivity contribution in [3.05, 3.63) is 12.2 Å². The van der Waals surface area contributed by atoms with Crippen LogP contribution in [0.1, 0.15) is 33.1 Å². The van der Waals surface area contributed by atoms with Crippen molar-refractivity contribution in [1.82, 2.24) is 4.90 Å². The maximum atomic E-state index is 11.7. The fraction of sp³-hybridized carbons (Fsp3) is 0.727. The normalized spacial score (nSPS) is 27.0. The first kappa shape index (κ1) is 11.4. The first-order chi connectivity index (χ1) is 6.64. The molecule has 1 amide bonds. The Kier molecular flexibility index (Phi) is 3.79. The van der Waals surface area contributed by atoms with Crippen molar-refractivity contribution >= 4 is 13.8 Å². The predicted octanol–water partition coefficient (Wildman–Crippen LogP) is 1.92. The molecule has 1 heterocycles. The summed E-state index contributed by atoms with van der Waals surface area (Å²) in [5.41, 5.74) is 0.000995. The van der Waals surface area contributed by atoms with Gasteiger partial charge in [-0.1, -0.05) is 19.3 Å². The Morgan fingerprint density at radius 2 is 2.36 bits per heavy atom. The molecular formula is C11H18BNO. The molecule has 14 heavy (non-hydrogen) atoms. The number of amides is 1. The quantitative estimate of drug-likeness (QED) is 0.621. The van der Waals surface area contributed by atoms with Crippen LogP contribution >= 0.6 is 0 Å². The van der Waals surface area contributed by atoms with E-state index >= 15 is 0 Å². The Balaban J connectivity index is 2.73. The smallest absolute Gasteiger partial charge is 0.246 e. The summed E-state index contributed by atoms with van der Waals surface area (Å²) < 4.78 is 0. The van der Waals surface area contributed by atoms with E-state index in [0.29, 0.717) is 6.32 Å². The summed E-state index contributed by atoms with van der Waals surface area (Å²) in [5.74, 6) is 0.133. The van der Waals surface area contributed by atoms with Gasteiger partial charge in [0.05, 0.1) is 7.85 Å². The summed E-state index contributed by atoms with van der Waals surface area (Å²) in [6.07, 6.45) is 7.13. The summed E-state index contributed by atoms with van der Waals surface area (Å²) in [5, 5.41) is 0. The van der Waals surface area contributed by atoms with E-state index in [9.17, 15) is 4.79 Å². The average Bonchev–Trinajstić information content (AvgIpc) is 2.17. The molecule has 0 aromatic carbocycles. The number of hydrogen-bond acceptors (Lipinski definition) is 1. The van der Waals surface area contributed by atoms with E-state index < -0.39 is 0 Å². The molecule has 2 nitrogen and oxygen atoms in total. The van der Waals surface area contributed by atoms with E-state index in [2.05, 4.69) is 13.8 Å². The molecule has 0 spiro atoms. The Bertz CT molecular complexity index is 239. The lowest BCUT2D eigenvalue weighted by atomic mass is 9.88. The fourth-order valence-corrected chi connectivity index (χ4v) is 1.84. The van der Waals surface area contributed by atoms with Crippen molar-refractivity contribution in [2.75, 3.05) is 6.54 Å². The second-order valence-corrected chi connectivity index (χ2v) is 4.09. The predicted molar refractivity (Wildman–Crippen MR) is 59.3 cm³/mol. The van der Waals surface area contributed by atoms with Gasteiger partial charge in [0.25, 0.3) is 0 Å². The lowest BCUT2D eigenvalue weighted by Crippen LogP contribution is -2.50. The van der Waals surface area contributed by atoms with Gasteiger partial charge >= 0.3 is 0 Å². The van der Waals surface area contributed by atoms with E-state index in [4.69, 9.17) is 7.85 Å². The average molecular weight is 191 g/mol. The number of rotatable bonds is 4. The van der Waals surface area contributed by atoms with Gasteiger partial charge in [-0.25, -0.2) is 0 Å². The van der Waals surface area contributed by atoms with Crippen molar-refractivity contribution in [2.24, 2.45) is 0 Å². The summed E-state index contributed by atoms with van der Waals surface area (Å²) in [6, 6.07) is 0. The molecule has 2 radical (unpaired) electrons. The minimum absolute atomic E-state index is 0.000995. The van der Waals surface area contributed by atoms with Crippen LogP contribution in [0.2, 0.25) is 6.32 Å². The van der Waals surface area contributed by atoms with Gasteiger partial charge in [-0.05, 0) is 32.3 Å². The van der Waals surface area contributed by atoms with Crippen molar-refractivity contribution in [1.29, 1.82) is 0 Å². The molecule has 0 aromatic rings. The van der Waals surface area contributed by atoms with Gasteiger partial charge in [0, 0.05) is 12.1 Å². The molecule has 0 saturated carbocycles. The third-order valence-electron chi connectivity index (χ3n) is 3.08. The molecule has 0 aliphatic carbocycles. The van der Waals surface area contributed by atoms with E-state index in [1.54, 1.807) is 6.08 Å². The van der Waals surface area contributed by atoms with Crippen LogP contribution in [-0.2, 0) is 4.79 Å². The Morgan fingerprint density at radius 1 is 1.64 bits per heavy atom. The Hall–Kier alpha value is -0.725. The van der Waals surface area contributed by atoms with Gasteiger partial charge in [0.2, 0.25) is 5.91 Å². The maximum Gasteiger partial charge on any atom is 0.246 e. The number of carbonyl (C=O) groups excluding carboxylic acids is 1. The maximum absolute atomic E-state index is 11.7. The zero-order valence-electron chi connectivity index (χ0n) is 9.12. The minimum Gasteiger partial charge on any atom is -0.334 e. The van der Waals surface area contributed by atoms with Gasteiger partial charge in [-0.2, -0.15) is 0 Å². The second-order valence-electron chi connectivity index (χ2n) is 4.09. The first-order valence-corrected chi connectivity index (χ1v) is 5.32. The molecule has 1 aliphatic heterocycles. The summed E-state index contributed by atoms with van der Waals surface area (Å²) in [7, 11) is 5.47. The van der Waals surface area contributed by atoms with Gasteiger partial charge in [-0.3, -0.25) is 4.79 Å². The molecule has 0 N–H and O–H groups in total. The lowest BCUT2D eigenvalue weighted by Gasteiger charge is -2.42. The molecule has 0 saturated heterocycles. The third kappa shape index (κ3) is 2.20. The highest BCUT2D eigenvalue weighted by Gasteiger charge is 2.33. The fourth-order valence-electron chi connectivity index (χ4n) is 1.84. The molecule has 3 heteroatoms. The zero-order chi connectivity index (χ0) is 10.6. The molecule has 0 bridgehead atoms. The Labute approximate surface area is 87.8 Å². The molecule has 0 fully saturated rings. The topological polar surface area (TPSA) is 20.3 Å². The molecule has 1 atom stereocenters.